The maximum absolute atomic E-state index is 12.8. The van der Waals surface area contributed by atoms with E-state index < -0.39 is 10.0 Å². The van der Waals surface area contributed by atoms with Crippen LogP contribution in [0.4, 0.5) is 0 Å². The van der Waals surface area contributed by atoms with Crippen LogP contribution in [0.1, 0.15) is 45.1 Å². The topological polar surface area (TPSA) is 70.9 Å². The molecule has 6 nitrogen and oxygen atoms in total. The predicted octanol–water partition coefficient (Wildman–Crippen LogP) is 0.968. The van der Waals surface area contributed by atoms with Crippen LogP contribution in [-0.4, -0.2) is 56.9 Å². The number of nitrogens with one attached hydrogen (secondary N) is 2. The molecule has 7 heteroatoms. The molecule has 1 aliphatic carbocycles. The summed E-state index contributed by atoms with van der Waals surface area (Å²) in [5.74, 6) is 0.639. The summed E-state index contributed by atoms with van der Waals surface area (Å²) >= 11 is 0. The Morgan fingerprint density at radius 2 is 1.75 bits per heavy atom. The maximum atomic E-state index is 12.8. The molecule has 1 saturated carbocycles. The lowest BCUT2D eigenvalue weighted by Crippen LogP contribution is -3.19. The molecular weight excluding hydrogens is 374 g/mol. The molecule has 0 bridgehead atoms. The zero-order valence-corrected chi connectivity index (χ0v) is 18.1. The van der Waals surface area contributed by atoms with Crippen LogP contribution in [0.3, 0.4) is 0 Å². The molecule has 1 aliphatic heterocycles. The van der Waals surface area contributed by atoms with E-state index in [2.05, 4.69) is 12.2 Å². The van der Waals surface area contributed by atoms with Gasteiger partial charge in [-0.3, -0.25) is 4.79 Å². The summed E-state index contributed by atoms with van der Waals surface area (Å²) in [5, 5.41) is 3.25. The molecule has 0 unspecified atom stereocenters. The molecule has 3 atom stereocenters. The number of piperazine rings is 1. The molecule has 3 rings (SSSR count). The van der Waals surface area contributed by atoms with Crippen molar-refractivity contribution >= 4 is 15.9 Å². The molecule has 0 aromatic heterocycles. The monoisotopic (exact) mass is 408 g/mol. The van der Waals surface area contributed by atoms with Gasteiger partial charge in [0.2, 0.25) is 10.0 Å². The van der Waals surface area contributed by atoms with Gasteiger partial charge in [-0.15, -0.1) is 0 Å². The number of carbonyl (C=O) groups is 1. The molecule has 0 spiro atoms. The zero-order valence-electron chi connectivity index (χ0n) is 17.3. The van der Waals surface area contributed by atoms with E-state index in [9.17, 15) is 13.2 Å². The van der Waals surface area contributed by atoms with Crippen LogP contribution >= 0.6 is 0 Å². The first-order valence-corrected chi connectivity index (χ1v) is 11.9. The van der Waals surface area contributed by atoms with Crippen molar-refractivity contribution in [3.8, 4) is 0 Å². The second kappa shape index (κ2) is 8.93. The average molecular weight is 409 g/mol. The predicted molar refractivity (Wildman–Crippen MR) is 110 cm³/mol. The van der Waals surface area contributed by atoms with Crippen molar-refractivity contribution < 1.29 is 18.1 Å². The molecule has 0 radical (unpaired) electrons. The minimum atomic E-state index is -3.46. The summed E-state index contributed by atoms with van der Waals surface area (Å²) in [4.78, 5) is 14.2. The summed E-state index contributed by atoms with van der Waals surface area (Å²) in [6.45, 7) is 8.32. The highest BCUT2D eigenvalue weighted by Gasteiger charge is 2.35. The fraction of sp³-hybridized carbons (Fsp3) is 0.667. The Hall–Kier alpha value is -1.44. The van der Waals surface area contributed by atoms with Gasteiger partial charge in [-0.05, 0) is 44.7 Å². The van der Waals surface area contributed by atoms with Crippen molar-refractivity contribution in [2.45, 2.75) is 63.4 Å². The Morgan fingerprint density at radius 3 is 2.36 bits per heavy atom. The van der Waals surface area contributed by atoms with Crippen molar-refractivity contribution in [1.82, 2.24) is 9.62 Å². The first-order valence-electron chi connectivity index (χ1n) is 10.5. The van der Waals surface area contributed by atoms with Crippen molar-refractivity contribution in [2.75, 3.05) is 26.2 Å². The molecule has 2 fully saturated rings. The van der Waals surface area contributed by atoms with Gasteiger partial charge in [-0.25, -0.2) is 8.42 Å². The Balaban J connectivity index is 1.55. The number of amides is 1. The molecule has 1 saturated heterocycles. The molecular formula is C21H34N3O3S+. The number of benzene rings is 1. The zero-order chi connectivity index (χ0) is 20.3. The fourth-order valence-electron chi connectivity index (χ4n) is 4.33. The summed E-state index contributed by atoms with van der Waals surface area (Å²) in [6.07, 6.45) is 4.69. The highest BCUT2D eigenvalue weighted by molar-refractivity contribution is 7.89. The maximum Gasteiger partial charge on any atom is 0.278 e. The van der Waals surface area contributed by atoms with Gasteiger partial charge in [0.05, 0.1) is 31.1 Å². The third-order valence-corrected chi connectivity index (χ3v) is 8.38. The van der Waals surface area contributed by atoms with Gasteiger partial charge in [-0.1, -0.05) is 37.5 Å². The molecule has 1 aromatic carbocycles. The smallest absolute Gasteiger partial charge is 0.278 e. The van der Waals surface area contributed by atoms with E-state index in [-0.39, 0.29) is 18.0 Å². The molecule has 1 amide bonds. The lowest BCUT2D eigenvalue weighted by molar-refractivity contribution is -0.917. The Bertz CT molecular complexity index is 771. The second-order valence-electron chi connectivity index (χ2n) is 8.47. The SMILES string of the molecule is Cc1ccc(S(=O)(=O)N2CC[NH+]([C@@H](C)C(=O)N[C@@H]3CCCC[C@@H]3C)CC2)cc1. The largest absolute Gasteiger partial charge is 0.348 e. The van der Waals surface area contributed by atoms with Gasteiger partial charge in [0.1, 0.15) is 0 Å². The summed E-state index contributed by atoms with van der Waals surface area (Å²) in [5.41, 5.74) is 1.04. The van der Waals surface area contributed by atoms with Crippen LogP contribution in [0, 0.1) is 12.8 Å². The van der Waals surface area contributed by atoms with E-state index in [1.54, 1.807) is 16.4 Å². The lowest BCUT2D eigenvalue weighted by Gasteiger charge is -2.35. The van der Waals surface area contributed by atoms with Crippen LogP contribution in [0.25, 0.3) is 0 Å². The van der Waals surface area contributed by atoms with Gasteiger partial charge in [0, 0.05) is 6.04 Å². The van der Waals surface area contributed by atoms with Gasteiger partial charge in [0.15, 0.2) is 6.04 Å². The first kappa shape index (κ1) is 21.3. The van der Waals surface area contributed by atoms with E-state index in [1.807, 2.05) is 26.0 Å². The number of rotatable bonds is 5. The van der Waals surface area contributed by atoms with Crippen molar-refractivity contribution in [1.29, 1.82) is 0 Å². The van der Waals surface area contributed by atoms with E-state index in [0.29, 0.717) is 37.0 Å². The number of nitrogens with zero attached hydrogens (tertiary/aromatic N) is 1. The highest BCUT2D eigenvalue weighted by atomic mass is 32.2. The van der Waals surface area contributed by atoms with E-state index in [0.717, 1.165) is 16.9 Å². The Kier molecular flexibility index (Phi) is 6.78. The van der Waals surface area contributed by atoms with Crippen molar-refractivity contribution in [3.05, 3.63) is 29.8 Å². The van der Waals surface area contributed by atoms with Crippen LogP contribution < -0.4 is 10.2 Å². The van der Waals surface area contributed by atoms with Gasteiger partial charge >= 0.3 is 0 Å². The summed E-state index contributed by atoms with van der Waals surface area (Å²) < 4.78 is 27.2. The summed E-state index contributed by atoms with van der Waals surface area (Å²) in [7, 11) is -3.46. The van der Waals surface area contributed by atoms with Gasteiger partial charge in [-0.2, -0.15) is 4.31 Å². The Labute approximate surface area is 169 Å². The molecule has 1 aromatic rings. The van der Waals surface area contributed by atoms with Gasteiger partial charge in [0.25, 0.3) is 5.91 Å². The average Bonchev–Trinajstić information content (AvgIpc) is 2.69. The first-order chi connectivity index (χ1) is 13.3. The molecule has 2 aliphatic rings. The van der Waals surface area contributed by atoms with E-state index in [4.69, 9.17) is 0 Å². The number of aryl methyl sites for hydroxylation is 1. The lowest BCUT2D eigenvalue weighted by atomic mass is 9.86. The van der Waals surface area contributed by atoms with E-state index >= 15 is 0 Å². The summed E-state index contributed by atoms with van der Waals surface area (Å²) in [6, 6.07) is 7.13. The molecule has 28 heavy (non-hydrogen) atoms. The quantitative estimate of drug-likeness (QED) is 0.763. The number of quaternary nitrogens is 1. The fourth-order valence-corrected chi connectivity index (χ4v) is 5.77. The highest BCUT2D eigenvalue weighted by Crippen LogP contribution is 2.23. The Morgan fingerprint density at radius 1 is 1.14 bits per heavy atom. The van der Waals surface area contributed by atoms with Crippen LogP contribution in [0.5, 0.6) is 0 Å². The minimum absolute atomic E-state index is 0.101. The van der Waals surface area contributed by atoms with Crippen LogP contribution in [0.2, 0.25) is 0 Å². The molecule has 2 N–H and O–H groups in total. The minimum Gasteiger partial charge on any atom is -0.348 e. The number of hydrogen-bond donors (Lipinski definition) is 2. The van der Waals surface area contributed by atoms with E-state index in [1.165, 1.54) is 19.3 Å². The normalized spacial score (nSPS) is 26.0. The number of carbonyl (C=O) groups excluding carboxylic acids is 1. The van der Waals surface area contributed by atoms with Gasteiger partial charge < -0.3 is 10.2 Å². The van der Waals surface area contributed by atoms with Crippen molar-refractivity contribution in [2.24, 2.45) is 5.92 Å². The second-order valence-corrected chi connectivity index (χ2v) is 10.4. The molecule has 1 heterocycles. The number of sulfonamides is 1. The van der Waals surface area contributed by atoms with Crippen LogP contribution in [-0.2, 0) is 14.8 Å². The standard InChI is InChI=1S/C21H33N3O3S/c1-16-8-10-19(11-9-16)28(26,27)24-14-12-23(13-15-24)18(3)21(25)22-20-7-5-4-6-17(20)2/h8-11,17-18,20H,4-7,12-15H2,1-3H3,(H,22,25)/p+1/t17-,18-,20+/m0/s1. The third-order valence-electron chi connectivity index (χ3n) is 6.47. The van der Waals surface area contributed by atoms with Crippen molar-refractivity contribution in [3.63, 3.8) is 0 Å². The number of hydrogen-bond acceptors (Lipinski definition) is 3. The third kappa shape index (κ3) is 4.75. The van der Waals surface area contributed by atoms with Crippen LogP contribution in [0.15, 0.2) is 29.2 Å². The molecule has 156 valence electrons.